The first-order chi connectivity index (χ1) is 7.58. The monoisotopic (exact) mass is 221 g/mol. The van der Waals surface area contributed by atoms with E-state index in [9.17, 15) is 9.90 Å². The maximum Gasteiger partial charge on any atom is 0.309 e. The van der Waals surface area contributed by atoms with Crippen molar-refractivity contribution in [2.24, 2.45) is 5.92 Å². The number of likely N-dealkylation sites (tertiary alicyclic amines) is 1. The molecule has 4 nitrogen and oxygen atoms in total. The van der Waals surface area contributed by atoms with Crippen LogP contribution in [0.2, 0.25) is 0 Å². The lowest BCUT2D eigenvalue weighted by atomic mass is 9.95. The molecule has 4 heteroatoms. The van der Waals surface area contributed by atoms with Crippen molar-refractivity contribution < 1.29 is 15.0 Å². The molecule has 1 aromatic carbocycles. The smallest absolute Gasteiger partial charge is 0.309 e. The highest BCUT2D eigenvalue weighted by Gasteiger charge is 2.35. The Morgan fingerprint density at radius 1 is 1.38 bits per heavy atom. The Morgan fingerprint density at radius 3 is 2.44 bits per heavy atom. The van der Waals surface area contributed by atoms with E-state index in [-0.39, 0.29) is 17.7 Å². The summed E-state index contributed by atoms with van der Waals surface area (Å²) in [5.74, 6) is -0.684. The summed E-state index contributed by atoms with van der Waals surface area (Å²) in [6.45, 7) is 3.26. The van der Waals surface area contributed by atoms with Crippen LogP contribution < -0.4 is 0 Å². The third-order valence-electron chi connectivity index (χ3n) is 3.18. The van der Waals surface area contributed by atoms with Gasteiger partial charge in [0.1, 0.15) is 5.75 Å². The number of aliphatic carboxylic acids is 1. The zero-order valence-corrected chi connectivity index (χ0v) is 9.13. The Balaban J connectivity index is 1.97. The molecule has 1 aliphatic rings. The fourth-order valence-corrected chi connectivity index (χ4v) is 1.95. The van der Waals surface area contributed by atoms with Gasteiger partial charge in [0.2, 0.25) is 0 Å². The number of carbonyl (C=O) groups is 1. The van der Waals surface area contributed by atoms with Crippen LogP contribution in [0.1, 0.15) is 18.5 Å². The zero-order valence-electron chi connectivity index (χ0n) is 9.13. The van der Waals surface area contributed by atoms with Crippen molar-refractivity contribution in [2.75, 3.05) is 13.1 Å². The van der Waals surface area contributed by atoms with Gasteiger partial charge in [-0.05, 0) is 24.6 Å². The van der Waals surface area contributed by atoms with E-state index in [4.69, 9.17) is 5.11 Å². The van der Waals surface area contributed by atoms with E-state index in [1.807, 2.05) is 19.1 Å². The molecule has 86 valence electrons. The minimum Gasteiger partial charge on any atom is -0.508 e. The topological polar surface area (TPSA) is 60.8 Å². The molecule has 2 rings (SSSR count). The summed E-state index contributed by atoms with van der Waals surface area (Å²) in [5.41, 5.74) is 1.10. The number of phenolic OH excluding ortho intramolecular Hbond substituents is 1. The van der Waals surface area contributed by atoms with Crippen LogP contribution in [0.3, 0.4) is 0 Å². The number of phenols is 1. The molecule has 2 N–H and O–H groups in total. The fourth-order valence-electron chi connectivity index (χ4n) is 1.95. The van der Waals surface area contributed by atoms with Crippen molar-refractivity contribution in [3.63, 3.8) is 0 Å². The van der Waals surface area contributed by atoms with Gasteiger partial charge in [0.05, 0.1) is 5.92 Å². The predicted molar refractivity (Wildman–Crippen MR) is 59.2 cm³/mol. The van der Waals surface area contributed by atoms with Crippen LogP contribution in [0, 0.1) is 5.92 Å². The number of hydrogen-bond donors (Lipinski definition) is 2. The number of carboxylic acids is 1. The second-order valence-electron chi connectivity index (χ2n) is 4.26. The van der Waals surface area contributed by atoms with E-state index in [1.165, 1.54) is 0 Å². The summed E-state index contributed by atoms with van der Waals surface area (Å²) in [5, 5.41) is 18.0. The predicted octanol–water partition coefficient (Wildman–Crippen LogP) is 1.47. The van der Waals surface area contributed by atoms with Gasteiger partial charge in [-0.2, -0.15) is 0 Å². The van der Waals surface area contributed by atoms with E-state index in [1.54, 1.807) is 12.1 Å². The van der Waals surface area contributed by atoms with Crippen LogP contribution >= 0.6 is 0 Å². The number of rotatable bonds is 3. The number of nitrogens with zero attached hydrogens (tertiary/aromatic N) is 1. The van der Waals surface area contributed by atoms with Gasteiger partial charge in [-0.25, -0.2) is 0 Å². The molecule has 0 radical (unpaired) electrons. The van der Waals surface area contributed by atoms with Crippen molar-refractivity contribution >= 4 is 5.97 Å². The van der Waals surface area contributed by atoms with Gasteiger partial charge in [0.15, 0.2) is 0 Å². The van der Waals surface area contributed by atoms with Crippen LogP contribution in [-0.2, 0) is 4.79 Å². The molecule has 0 aromatic heterocycles. The number of aromatic hydroxyl groups is 1. The second-order valence-corrected chi connectivity index (χ2v) is 4.26. The van der Waals surface area contributed by atoms with Gasteiger partial charge < -0.3 is 10.2 Å². The normalized spacial score (nSPS) is 19.1. The molecular weight excluding hydrogens is 206 g/mol. The molecule has 1 unspecified atom stereocenters. The van der Waals surface area contributed by atoms with Gasteiger partial charge in [-0.1, -0.05) is 12.1 Å². The molecular formula is C12H15NO3. The molecule has 0 amide bonds. The molecule has 1 aromatic rings. The second kappa shape index (κ2) is 4.14. The average molecular weight is 221 g/mol. The molecule has 0 saturated carbocycles. The van der Waals surface area contributed by atoms with Crippen molar-refractivity contribution in [1.29, 1.82) is 0 Å². The Hall–Kier alpha value is -1.55. The fraction of sp³-hybridized carbons (Fsp3) is 0.417. The minimum absolute atomic E-state index is 0.205. The highest BCUT2D eigenvalue weighted by atomic mass is 16.4. The Morgan fingerprint density at radius 2 is 1.94 bits per heavy atom. The van der Waals surface area contributed by atoms with E-state index in [2.05, 4.69) is 4.90 Å². The average Bonchev–Trinajstić information content (AvgIpc) is 2.15. The highest BCUT2D eigenvalue weighted by molar-refractivity contribution is 5.71. The van der Waals surface area contributed by atoms with Gasteiger partial charge >= 0.3 is 5.97 Å². The summed E-state index contributed by atoms with van der Waals surface area (Å²) in [4.78, 5) is 12.8. The SMILES string of the molecule is CC(c1ccc(O)cc1)N1CC(C(=O)O)C1. The molecule has 0 bridgehead atoms. The zero-order chi connectivity index (χ0) is 11.7. The molecule has 1 saturated heterocycles. The first-order valence-electron chi connectivity index (χ1n) is 5.33. The first kappa shape index (κ1) is 11.0. The standard InChI is InChI=1S/C12H15NO3/c1-8(9-2-4-11(14)5-3-9)13-6-10(7-13)12(15)16/h2-5,8,10,14H,6-7H2,1H3,(H,15,16). The van der Waals surface area contributed by atoms with Crippen LogP contribution in [0.4, 0.5) is 0 Å². The van der Waals surface area contributed by atoms with E-state index < -0.39 is 5.97 Å². The van der Waals surface area contributed by atoms with E-state index >= 15 is 0 Å². The summed E-state index contributed by atoms with van der Waals surface area (Å²) in [7, 11) is 0. The Kier molecular flexibility index (Phi) is 2.83. The lowest BCUT2D eigenvalue weighted by molar-refractivity contribution is -0.148. The quantitative estimate of drug-likeness (QED) is 0.811. The lowest BCUT2D eigenvalue weighted by Gasteiger charge is -2.41. The third kappa shape index (κ3) is 2.02. The summed E-state index contributed by atoms with van der Waals surface area (Å²) >= 11 is 0. The third-order valence-corrected chi connectivity index (χ3v) is 3.18. The molecule has 0 aliphatic carbocycles. The van der Waals surface area contributed by atoms with Crippen LogP contribution in [-0.4, -0.2) is 34.2 Å². The van der Waals surface area contributed by atoms with Crippen molar-refractivity contribution in [3.8, 4) is 5.75 Å². The largest absolute Gasteiger partial charge is 0.508 e. The summed E-state index contributed by atoms with van der Waals surface area (Å²) in [6, 6.07) is 7.25. The maximum atomic E-state index is 10.7. The van der Waals surface area contributed by atoms with Gasteiger partial charge in [-0.3, -0.25) is 9.69 Å². The molecule has 1 fully saturated rings. The number of hydrogen-bond acceptors (Lipinski definition) is 3. The number of benzene rings is 1. The molecule has 1 atom stereocenters. The lowest BCUT2D eigenvalue weighted by Crippen LogP contribution is -2.51. The molecule has 1 aliphatic heterocycles. The summed E-state index contributed by atoms with van der Waals surface area (Å²) < 4.78 is 0. The summed E-state index contributed by atoms with van der Waals surface area (Å²) in [6.07, 6.45) is 0. The van der Waals surface area contributed by atoms with E-state index in [0.717, 1.165) is 5.56 Å². The van der Waals surface area contributed by atoms with Gasteiger partial charge in [0, 0.05) is 19.1 Å². The molecule has 16 heavy (non-hydrogen) atoms. The number of carboxylic acid groups (broad SMARTS) is 1. The van der Waals surface area contributed by atoms with Crippen molar-refractivity contribution in [1.82, 2.24) is 4.90 Å². The first-order valence-corrected chi connectivity index (χ1v) is 5.33. The van der Waals surface area contributed by atoms with Crippen LogP contribution in [0.25, 0.3) is 0 Å². The van der Waals surface area contributed by atoms with Crippen LogP contribution in [0.15, 0.2) is 24.3 Å². The Bertz CT molecular complexity index is 382. The Labute approximate surface area is 94.1 Å². The molecule has 1 heterocycles. The van der Waals surface area contributed by atoms with Crippen molar-refractivity contribution in [2.45, 2.75) is 13.0 Å². The van der Waals surface area contributed by atoms with Crippen LogP contribution in [0.5, 0.6) is 5.75 Å². The van der Waals surface area contributed by atoms with Crippen molar-refractivity contribution in [3.05, 3.63) is 29.8 Å². The highest BCUT2D eigenvalue weighted by Crippen LogP contribution is 2.29. The minimum atomic E-state index is -0.714. The maximum absolute atomic E-state index is 10.7. The molecule has 0 spiro atoms. The van der Waals surface area contributed by atoms with Gasteiger partial charge in [-0.15, -0.1) is 0 Å². The van der Waals surface area contributed by atoms with Gasteiger partial charge in [0.25, 0.3) is 0 Å². The van der Waals surface area contributed by atoms with E-state index in [0.29, 0.717) is 13.1 Å².